The molecule has 0 spiro atoms. The minimum atomic E-state index is -0.506. The second-order valence-corrected chi connectivity index (χ2v) is 2.72. The van der Waals surface area contributed by atoms with E-state index in [9.17, 15) is 4.39 Å². The molecule has 1 rings (SSSR count). The number of halogens is 1. The van der Waals surface area contributed by atoms with Gasteiger partial charge in [-0.2, -0.15) is 0 Å². The molecule has 0 aromatic heterocycles. The zero-order valence-electron chi connectivity index (χ0n) is 7.94. The number of hydrogen-bond acceptors (Lipinski definition) is 2. The molecule has 4 nitrogen and oxygen atoms in total. The number of nitrogens with two attached hydrogens (primary N) is 1. The predicted octanol–water partition coefficient (Wildman–Crippen LogP) is 2.46. The molecular formula is C10H9FN4. The van der Waals surface area contributed by atoms with Crippen LogP contribution >= 0.6 is 0 Å². The summed E-state index contributed by atoms with van der Waals surface area (Å²) in [4.78, 5) is 2.58. The number of nitrogen functional groups attached to an aromatic ring is 1. The number of rotatable bonds is 2. The van der Waals surface area contributed by atoms with Crippen LogP contribution in [0, 0.1) is 17.7 Å². The molecule has 1 aromatic rings. The van der Waals surface area contributed by atoms with Crippen LogP contribution in [0.5, 0.6) is 0 Å². The van der Waals surface area contributed by atoms with Crippen LogP contribution in [0.3, 0.4) is 0 Å². The SMILES string of the molecule is [N-]=[N+]=NCCC#Cc1cccc(N)c1F. The van der Waals surface area contributed by atoms with Crippen LogP contribution in [0.25, 0.3) is 10.4 Å². The lowest BCUT2D eigenvalue weighted by Crippen LogP contribution is -1.92. The lowest BCUT2D eigenvalue weighted by atomic mass is 10.2. The first-order valence-electron chi connectivity index (χ1n) is 4.29. The van der Waals surface area contributed by atoms with Crippen LogP contribution in [-0.2, 0) is 0 Å². The minimum Gasteiger partial charge on any atom is -0.396 e. The maximum atomic E-state index is 13.3. The average molecular weight is 204 g/mol. The van der Waals surface area contributed by atoms with Crippen molar-refractivity contribution >= 4 is 5.69 Å². The first-order chi connectivity index (χ1) is 7.25. The molecule has 0 atom stereocenters. The second kappa shape index (κ2) is 5.53. The van der Waals surface area contributed by atoms with E-state index in [2.05, 4.69) is 21.9 Å². The smallest absolute Gasteiger partial charge is 0.161 e. The van der Waals surface area contributed by atoms with Crippen LogP contribution in [0.1, 0.15) is 12.0 Å². The van der Waals surface area contributed by atoms with Gasteiger partial charge >= 0.3 is 0 Å². The molecule has 0 fully saturated rings. The van der Waals surface area contributed by atoms with Crippen molar-refractivity contribution in [2.45, 2.75) is 6.42 Å². The van der Waals surface area contributed by atoms with Gasteiger partial charge in [0.25, 0.3) is 0 Å². The summed E-state index contributed by atoms with van der Waals surface area (Å²) in [5, 5.41) is 3.30. The summed E-state index contributed by atoms with van der Waals surface area (Å²) in [6, 6.07) is 4.66. The van der Waals surface area contributed by atoms with Crippen molar-refractivity contribution in [2.24, 2.45) is 5.11 Å². The van der Waals surface area contributed by atoms with Gasteiger partial charge < -0.3 is 5.73 Å². The maximum absolute atomic E-state index is 13.3. The molecule has 0 saturated carbocycles. The molecule has 0 aliphatic rings. The Labute approximate surface area is 86.5 Å². The number of nitrogens with zero attached hydrogens (tertiary/aromatic N) is 3. The summed E-state index contributed by atoms with van der Waals surface area (Å²) in [7, 11) is 0. The van der Waals surface area contributed by atoms with Gasteiger partial charge in [-0.1, -0.05) is 23.0 Å². The van der Waals surface area contributed by atoms with Crippen molar-refractivity contribution in [3.63, 3.8) is 0 Å². The monoisotopic (exact) mass is 204 g/mol. The third-order valence-corrected chi connectivity index (χ3v) is 1.65. The summed E-state index contributed by atoms with van der Waals surface area (Å²) in [6.07, 6.45) is 0.401. The Bertz CT molecular complexity index is 452. The van der Waals surface area contributed by atoms with Gasteiger partial charge in [0.15, 0.2) is 5.82 Å². The van der Waals surface area contributed by atoms with E-state index in [4.69, 9.17) is 11.3 Å². The first kappa shape index (κ1) is 10.9. The fourth-order valence-corrected chi connectivity index (χ4v) is 0.955. The van der Waals surface area contributed by atoms with Crippen LogP contribution in [0.2, 0.25) is 0 Å². The van der Waals surface area contributed by atoms with Crippen LogP contribution in [-0.4, -0.2) is 6.54 Å². The average Bonchev–Trinajstić information content (AvgIpc) is 2.24. The highest BCUT2D eigenvalue weighted by atomic mass is 19.1. The van der Waals surface area contributed by atoms with Gasteiger partial charge in [-0.15, -0.1) is 0 Å². The van der Waals surface area contributed by atoms with E-state index in [-0.39, 0.29) is 17.8 Å². The van der Waals surface area contributed by atoms with Crippen molar-refractivity contribution in [1.29, 1.82) is 0 Å². The molecule has 0 heterocycles. The summed E-state index contributed by atoms with van der Waals surface area (Å²) in [6.45, 7) is 0.285. The Hall–Kier alpha value is -2.18. The Balaban J connectivity index is 2.71. The Morgan fingerprint density at radius 2 is 2.33 bits per heavy atom. The highest BCUT2D eigenvalue weighted by Crippen LogP contribution is 2.13. The maximum Gasteiger partial charge on any atom is 0.161 e. The number of anilines is 1. The van der Waals surface area contributed by atoms with E-state index >= 15 is 0 Å². The van der Waals surface area contributed by atoms with E-state index in [0.29, 0.717) is 6.42 Å². The highest BCUT2D eigenvalue weighted by Gasteiger charge is 2.00. The van der Waals surface area contributed by atoms with Crippen molar-refractivity contribution in [3.8, 4) is 11.8 Å². The van der Waals surface area contributed by atoms with Crippen LogP contribution in [0.4, 0.5) is 10.1 Å². The molecule has 5 heteroatoms. The standard InChI is InChI=1S/C10H9FN4/c11-10-8(5-3-6-9(10)12)4-1-2-7-14-15-13/h3,5-6H,2,7,12H2. The van der Waals surface area contributed by atoms with Gasteiger partial charge in [-0.3, -0.25) is 0 Å². The quantitative estimate of drug-likeness (QED) is 0.197. The summed E-state index contributed by atoms with van der Waals surface area (Å²) in [5.41, 5.74) is 13.7. The lowest BCUT2D eigenvalue weighted by Gasteiger charge is -1.96. The van der Waals surface area contributed by atoms with Gasteiger partial charge in [0, 0.05) is 17.9 Å². The molecule has 0 aliphatic heterocycles. The molecular weight excluding hydrogens is 195 g/mol. The Morgan fingerprint density at radius 3 is 3.07 bits per heavy atom. The van der Waals surface area contributed by atoms with Gasteiger partial charge in [-0.25, -0.2) is 4.39 Å². The third kappa shape index (κ3) is 3.22. The molecule has 0 unspecified atom stereocenters. The van der Waals surface area contributed by atoms with Gasteiger partial charge in [0.2, 0.25) is 0 Å². The van der Waals surface area contributed by atoms with Crippen molar-refractivity contribution in [1.82, 2.24) is 0 Å². The molecule has 76 valence electrons. The number of hydrogen-bond donors (Lipinski definition) is 1. The highest BCUT2D eigenvalue weighted by molar-refractivity contribution is 5.48. The summed E-state index contributed by atoms with van der Waals surface area (Å²) < 4.78 is 13.3. The van der Waals surface area contributed by atoms with E-state index < -0.39 is 5.82 Å². The topological polar surface area (TPSA) is 74.8 Å². The summed E-state index contributed by atoms with van der Waals surface area (Å²) >= 11 is 0. The van der Waals surface area contributed by atoms with Gasteiger partial charge in [0.05, 0.1) is 11.3 Å². The van der Waals surface area contributed by atoms with E-state index in [0.717, 1.165) is 0 Å². The molecule has 1 aromatic carbocycles. The van der Waals surface area contributed by atoms with E-state index in [1.165, 1.54) is 6.07 Å². The van der Waals surface area contributed by atoms with Crippen LogP contribution in [0.15, 0.2) is 23.3 Å². The van der Waals surface area contributed by atoms with Crippen molar-refractivity contribution in [3.05, 3.63) is 40.0 Å². The fraction of sp³-hybridized carbons (Fsp3) is 0.200. The van der Waals surface area contributed by atoms with Crippen molar-refractivity contribution in [2.75, 3.05) is 12.3 Å². The Morgan fingerprint density at radius 1 is 1.53 bits per heavy atom. The minimum absolute atomic E-state index is 0.0804. The normalized spacial score (nSPS) is 8.60. The van der Waals surface area contributed by atoms with Gasteiger partial charge in [0.1, 0.15) is 0 Å². The first-order valence-corrected chi connectivity index (χ1v) is 4.29. The molecule has 0 radical (unpaired) electrons. The third-order valence-electron chi connectivity index (χ3n) is 1.65. The van der Waals surface area contributed by atoms with Crippen molar-refractivity contribution < 1.29 is 4.39 Å². The largest absolute Gasteiger partial charge is 0.396 e. The molecule has 15 heavy (non-hydrogen) atoms. The molecule has 0 bridgehead atoms. The Kier molecular flexibility index (Phi) is 4.02. The fourth-order valence-electron chi connectivity index (χ4n) is 0.955. The number of azide groups is 1. The van der Waals surface area contributed by atoms with E-state index in [1.54, 1.807) is 12.1 Å². The van der Waals surface area contributed by atoms with Crippen LogP contribution < -0.4 is 5.73 Å². The zero-order valence-corrected chi connectivity index (χ0v) is 7.94. The van der Waals surface area contributed by atoms with E-state index in [1.807, 2.05) is 0 Å². The number of benzene rings is 1. The lowest BCUT2D eigenvalue weighted by molar-refractivity contribution is 0.629. The summed E-state index contributed by atoms with van der Waals surface area (Å²) in [5.74, 6) is 4.81. The van der Waals surface area contributed by atoms with Gasteiger partial charge in [-0.05, 0) is 17.7 Å². The molecule has 0 aliphatic carbocycles. The molecule has 2 N–H and O–H groups in total. The molecule has 0 amide bonds. The predicted molar refractivity (Wildman–Crippen MR) is 56.3 cm³/mol. The molecule has 0 saturated heterocycles. The zero-order chi connectivity index (χ0) is 11.1. The second-order valence-electron chi connectivity index (χ2n) is 2.72.